The molecule has 0 saturated carbocycles. The number of unbranched alkanes of at least 4 members (excludes halogenated alkanes) is 1. The molecule has 3 aromatic rings. The number of nitrogens with one attached hydrogen (secondary N) is 1. The number of sulfonamides is 1. The van der Waals surface area contributed by atoms with Crippen molar-refractivity contribution in [3.63, 3.8) is 0 Å². The summed E-state index contributed by atoms with van der Waals surface area (Å²) >= 11 is 0. The van der Waals surface area contributed by atoms with E-state index in [1.54, 1.807) is 61.7 Å². The predicted octanol–water partition coefficient (Wildman–Crippen LogP) is 4.92. The number of rotatable bonds is 14. The van der Waals surface area contributed by atoms with Crippen LogP contribution in [0.2, 0.25) is 0 Å². The highest BCUT2D eigenvalue weighted by atomic mass is 32.2. The van der Waals surface area contributed by atoms with Crippen molar-refractivity contribution in [2.45, 2.75) is 57.5 Å². The molecule has 1 atom stereocenters. The molecular formula is C31H39N3O5S. The number of benzene rings is 3. The molecular weight excluding hydrogens is 526 g/mol. The SMILES string of the molecule is CCCCNC(=O)C(CC)N(Cc1ccc(OC)cc1)C(=O)CN(c1ccccc1)S(=O)(=O)c1ccc(C)cc1. The van der Waals surface area contributed by atoms with Crippen LogP contribution in [0.4, 0.5) is 5.69 Å². The van der Waals surface area contributed by atoms with Gasteiger partial charge in [0.2, 0.25) is 11.8 Å². The summed E-state index contributed by atoms with van der Waals surface area (Å²) in [7, 11) is -2.51. The van der Waals surface area contributed by atoms with E-state index in [2.05, 4.69) is 5.32 Å². The summed E-state index contributed by atoms with van der Waals surface area (Å²) in [5, 5.41) is 2.94. The summed E-state index contributed by atoms with van der Waals surface area (Å²) in [5.41, 5.74) is 2.08. The summed E-state index contributed by atoms with van der Waals surface area (Å²) in [5.74, 6) is -0.0660. The van der Waals surface area contributed by atoms with E-state index in [9.17, 15) is 18.0 Å². The van der Waals surface area contributed by atoms with Crippen LogP contribution in [0.1, 0.15) is 44.2 Å². The van der Waals surface area contributed by atoms with Crippen molar-refractivity contribution in [1.29, 1.82) is 0 Å². The number of ether oxygens (including phenoxy) is 1. The molecule has 3 aromatic carbocycles. The predicted molar refractivity (Wildman–Crippen MR) is 158 cm³/mol. The van der Waals surface area contributed by atoms with Crippen molar-refractivity contribution in [3.8, 4) is 5.75 Å². The van der Waals surface area contributed by atoms with Gasteiger partial charge in [-0.15, -0.1) is 0 Å². The number of anilines is 1. The van der Waals surface area contributed by atoms with Crippen LogP contribution < -0.4 is 14.4 Å². The molecule has 0 heterocycles. The first kappa shape index (κ1) is 30.7. The van der Waals surface area contributed by atoms with Crippen LogP contribution in [0.3, 0.4) is 0 Å². The number of hydrogen-bond donors (Lipinski definition) is 1. The summed E-state index contributed by atoms with van der Waals surface area (Å²) in [6.45, 7) is 5.94. The number of para-hydroxylation sites is 1. The first-order valence-corrected chi connectivity index (χ1v) is 15.0. The third kappa shape index (κ3) is 7.85. The minimum atomic E-state index is -4.08. The fourth-order valence-corrected chi connectivity index (χ4v) is 5.73. The minimum Gasteiger partial charge on any atom is -0.497 e. The summed E-state index contributed by atoms with van der Waals surface area (Å²) in [4.78, 5) is 28.8. The monoisotopic (exact) mass is 565 g/mol. The zero-order valence-corrected chi connectivity index (χ0v) is 24.5. The largest absolute Gasteiger partial charge is 0.497 e. The average molecular weight is 566 g/mol. The molecule has 1 unspecified atom stereocenters. The molecule has 0 spiro atoms. The Labute approximate surface area is 238 Å². The molecule has 2 amide bonds. The Balaban J connectivity index is 2.00. The number of nitrogens with zero attached hydrogens (tertiary/aromatic N) is 2. The summed E-state index contributed by atoms with van der Waals surface area (Å²) in [6, 6.07) is 21.5. The number of carbonyl (C=O) groups is 2. The maximum absolute atomic E-state index is 14.0. The van der Waals surface area contributed by atoms with E-state index in [-0.39, 0.29) is 17.3 Å². The van der Waals surface area contributed by atoms with E-state index in [1.807, 2.05) is 32.9 Å². The number of aryl methyl sites for hydroxylation is 1. The van der Waals surface area contributed by atoms with Crippen molar-refractivity contribution in [2.75, 3.05) is 24.5 Å². The van der Waals surface area contributed by atoms with Crippen LogP contribution >= 0.6 is 0 Å². The maximum Gasteiger partial charge on any atom is 0.264 e. The normalized spacial score (nSPS) is 11.9. The zero-order valence-electron chi connectivity index (χ0n) is 23.7. The Bertz CT molecular complexity index is 1340. The van der Waals surface area contributed by atoms with E-state index < -0.39 is 28.5 Å². The van der Waals surface area contributed by atoms with Crippen LogP contribution in [-0.4, -0.2) is 51.4 Å². The van der Waals surface area contributed by atoms with Crippen LogP contribution in [0.5, 0.6) is 5.75 Å². The number of hydrogen-bond acceptors (Lipinski definition) is 5. The Morgan fingerprint density at radius 2 is 1.57 bits per heavy atom. The standard InChI is InChI=1S/C31H39N3O5S/c1-5-7-21-32-31(36)29(6-2)33(22-25-15-17-27(39-4)18-16-25)30(35)23-34(26-11-9-8-10-12-26)40(37,38)28-19-13-24(3)14-20-28/h8-20,29H,5-7,21-23H2,1-4H3,(H,32,36). The Kier molecular flexibility index (Phi) is 11.1. The number of carbonyl (C=O) groups excluding carboxylic acids is 2. The van der Waals surface area contributed by atoms with E-state index in [0.29, 0.717) is 24.4 Å². The number of methoxy groups -OCH3 is 1. The Morgan fingerprint density at radius 3 is 2.15 bits per heavy atom. The average Bonchev–Trinajstić information content (AvgIpc) is 2.96. The van der Waals surface area contributed by atoms with Gasteiger partial charge in [-0.25, -0.2) is 8.42 Å². The fourth-order valence-electron chi connectivity index (χ4n) is 4.31. The lowest BCUT2D eigenvalue weighted by atomic mass is 10.1. The van der Waals surface area contributed by atoms with Gasteiger partial charge in [0.1, 0.15) is 18.3 Å². The van der Waals surface area contributed by atoms with Gasteiger partial charge in [0.05, 0.1) is 17.7 Å². The molecule has 0 aliphatic carbocycles. The third-order valence-corrected chi connectivity index (χ3v) is 8.45. The van der Waals surface area contributed by atoms with Gasteiger partial charge >= 0.3 is 0 Å². The van der Waals surface area contributed by atoms with E-state index in [0.717, 1.165) is 28.3 Å². The third-order valence-electron chi connectivity index (χ3n) is 6.66. The smallest absolute Gasteiger partial charge is 0.264 e. The molecule has 0 bridgehead atoms. The molecule has 1 N–H and O–H groups in total. The van der Waals surface area contributed by atoms with Crippen molar-refractivity contribution < 1.29 is 22.7 Å². The van der Waals surface area contributed by atoms with Gasteiger partial charge in [-0.3, -0.25) is 13.9 Å². The molecule has 0 aromatic heterocycles. The second kappa shape index (κ2) is 14.5. The molecule has 0 saturated heterocycles. The highest BCUT2D eigenvalue weighted by molar-refractivity contribution is 7.92. The van der Waals surface area contributed by atoms with E-state index >= 15 is 0 Å². The first-order chi connectivity index (χ1) is 19.2. The maximum atomic E-state index is 14.0. The van der Waals surface area contributed by atoms with Gasteiger partial charge in [-0.1, -0.05) is 68.3 Å². The zero-order chi connectivity index (χ0) is 29.1. The van der Waals surface area contributed by atoms with Crippen molar-refractivity contribution in [1.82, 2.24) is 10.2 Å². The van der Waals surface area contributed by atoms with Crippen LogP contribution in [0, 0.1) is 6.92 Å². The first-order valence-electron chi connectivity index (χ1n) is 13.6. The topological polar surface area (TPSA) is 96.0 Å². The van der Waals surface area contributed by atoms with Crippen molar-refractivity contribution in [3.05, 3.63) is 90.0 Å². The molecule has 0 aliphatic rings. The van der Waals surface area contributed by atoms with Crippen LogP contribution in [0.15, 0.2) is 83.8 Å². The molecule has 214 valence electrons. The van der Waals surface area contributed by atoms with Crippen molar-refractivity contribution in [2.24, 2.45) is 0 Å². The lowest BCUT2D eigenvalue weighted by Crippen LogP contribution is -2.52. The molecule has 40 heavy (non-hydrogen) atoms. The van der Waals surface area contributed by atoms with Gasteiger partial charge in [0.15, 0.2) is 0 Å². The van der Waals surface area contributed by atoms with Crippen molar-refractivity contribution >= 4 is 27.5 Å². The lowest BCUT2D eigenvalue weighted by molar-refractivity contribution is -0.140. The van der Waals surface area contributed by atoms with Gasteiger partial charge in [-0.05, 0) is 61.7 Å². The molecule has 3 rings (SSSR count). The second-order valence-electron chi connectivity index (χ2n) is 9.60. The Hall–Kier alpha value is -3.85. The molecule has 0 radical (unpaired) electrons. The lowest BCUT2D eigenvalue weighted by Gasteiger charge is -2.33. The van der Waals surface area contributed by atoms with Gasteiger partial charge in [-0.2, -0.15) is 0 Å². The summed E-state index contributed by atoms with van der Waals surface area (Å²) in [6.07, 6.45) is 2.12. The number of amides is 2. The van der Waals surface area contributed by atoms with E-state index in [1.165, 1.54) is 17.0 Å². The quantitative estimate of drug-likeness (QED) is 0.280. The molecule has 0 fully saturated rings. The van der Waals surface area contributed by atoms with Gasteiger partial charge in [0.25, 0.3) is 10.0 Å². The highest BCUT2D eigenvalue weighted by Crippen LogP contribution is 2.25. The van der Waals surface area contributed by atoms with Crippen LogP contribution in [-0.2, 0) is 26.2 Å². The van der Waals surface area contributed by atoms with Gasteiger partial charge < -0.3 is 15.0 Å². The molecule has 9 heteroatoms. The Morgan fingerprint density at radius 1 is 0.925 bits per heavy atom. The van der Waals surface area contributed by atoms with E-state index in [4.69, 9.17) is 4.74 Å². The molecule has 8 nitrogen and oxygen atoms in total. The van der Waals surface area contributed by atoms with Crippen LogP contribution in [0.25, 0.3) is 0 Å². The van der Waals surface area contributed by atoms with Gasteiger partial charge in [0, 0.05) is 13.1 Å². The summed E-state index contributed by atoms with van der Waals surface area (Å²) < 4.78 is 34.0. The fraction of sp³-hybridized carbons (Fsp3) is 0.355. The molecule has 0 aliphatic heterocycles. The highest BCUT2D eigenvalue weighted by Gasteiger charge is 2.33. The second-order valence-corrected chi connectivity index (χ2v) is 11.5. The minimum absolute atomic E-state index is 0.0841.